The number of hydrogen-bond acceptors (Lipinski definition) is 5. The Labute approximate surface area is 130 Å². The topological polar surface area (TPSA) is 84.9 Å². The summed E-state index contributed by atoms with van der Waals surface area (Å²) in [7, 11) is 1.20. The molecule has 1 aromatic carbocycles. The fraction of sp³-hybridized carbons (Fsp3) is 0.500. The third-order valence-corrected chi connectivity index (χ3v) is 2.93. The molecule has 1 amide bonds. The number of ether oxygens (including phenoxy) is 2. The fourth-order valence-corrected chi connectivity index (χ4v) is 1.97. The Bertz CT molecular complexity index is 509. The van der Waals surface area contributed by atoms with Crippen molar-refractivity contribution < 1.29 is 24.2 Å². The van der Waals surface area contributed by atoms with Crippen LogP contribution in [0.2, 0.25) is 0 Å². The summed E-state index contributed by atoms with van der Waals surface area (Å²) in [5.74, 6) is -0.732. The van der Waals surface area contributed by atoms with Gasteiger partial charge in [-0.2, -0.15) is 0 Å². The maximum Gasteiger partial charge on any atom is 0.408 e. The van der Waals surface area contributed by atoms with Crippen LogP contribution in [-0.2, 0) is 20.7 Å². The van der Waals surface area contributed by atoms with Gasteiger partial charge in [-0.05, 0) is 26.3 Å². The second-order valence-electron chi connectivity index (χ2n) is 6.02. The Morgan fingerprint density at radius 3 is 2.23 bits per heavy atom. The second kappa shape index (κ2) is 7.26. The summed E-state index contributed by atoms with van der Waals surface area (Å²) in [6, 6.07) is 9.04. The number of aliphatic hydroxyl groups excluding tert-OH is 1. The van der Waals surface area contributed by atoms with Crippen molar-refractivity contribution in [3.8, 4) is 0 Å². The summed E-state index contributed by atoms with van der Waals surface area (Å²) >= 11 is 0. The molecule has 1 atom stereocenters. The summed E-state index contributed by atoms with van der Waals surface area (Å²) in [6.07, 6.45) is -0.695. The van der Waals surface area contributed by atoms with E-state index in [1.54, 1.807) is 32.9 Å². The number of esters is 1. The number of carbonyl (C=O) groups excluding carboxylic acids is 2. The summed E-state index contributed by atoms with van der Waals surface area (Å²) in [5.41, 5.74) is -1.52. The van der Waals surface area contributed by atoms with Gasteiger partial charge in [0.1, 0.15) is 5.60 Å². The highest BCUT2D eigenvalue weighted by molar-refractivity contribution is 5.86. The number of alkyl carbamates (subject to hydrolysis) is 1. The first kappa shape index (κ1) is 18.0. The van der Waals surface area contributed by atoms with Gasteiger partial charge in [-0.15, -0.1) is 0 Å². The van der Waals surface area contributed by atoms with Crippen molar-refractivity contribution in [2.24, 2.45) is 0 Å². The van der Waals surface area contributed by atoms with Gasteiger partial charge in [-0.3, -0.25) is 0 Å². The van der Waals surface area contributed by atoms with E-state index in [1.165, 1.54) is 7.11 Å². The molecule has 1 rings (SSSR count). The van der Waals surface area contributed by atoms with Crippen molar-refractivity contribution in [3.05, 3.63) is 35.9 Å². The SMILES string of the molecule is COC(=O)C(CO)(Cc1ccccc1)NC(=O)OC(C)(C)C. The zero-order chi connectivity index (χ0) is 16.8. The van der Waals surface area contributed by atoms with E-state index in [0.717, 1.165) is 5.56 Å². The standard InChI is InChI=1S/C16H23NO5/c1-15(2,3)22-14(20)17-16(11-18,13(19)21-4)10-12-8-6-5-7-9-12/h5-9,18H,10-11H2,1-4H3,(H,17,20). The normalized spacial score (nSPS) is 13.9. The number of rotatable bonds is 5. The molecule has 0 spiro atoms. The van der Waals surface area contributed by atoms with E-state index >= 15 is 0 Å². The molecule has 0 aromatic heterocycles. The Kier molecular flexibility index (Phi) is 5.93. The lowest BCUT2D eigenvalue weighted by molar-refractivity contribution is -0.150. The quantitative estimate of drug-likeness (QED) is 0.808. The first-order chi connectivity index (χ1) is 10.2. The third kappa shape index (κ3) is 5.04. The molecule has 122 valence electrons. The van der Waals surface area contributed by atoms with Crippen LogP contribution in [0, 0.1) is 0 Å². The largest absolute Gasteiger partial charge is 0.467 e. The van der Waals surface area contributed by atoms with E-state index in [1.807, 2.05) is 18.2 Å². The lowest BCUT2D eigenvalue weighted by atomic mass is 9.91. The van der Waals surface area contributed by atoms with Crippen LogP contribution in [0.25, 0.3) is 0 Å². The average Bonchev–Trinajstić information content (AvgIpc) is 2.44. The van der Waals surface area contributed by atoms with Gasteiger partial charge in [-0.25, -0.2) is 9.59 Å². The lowest BCUT2D eigenvalue weighted by Crippen LogP contribution is -2.60. The molecule has 22 heavy (non-hydrogen) atoms. The molecule has 0 bridgehead atoms. The Morgan fingerprint density at radius 2 is 1.77 bits per heavy atom. The molecule has 1 aromatic rings. The maximum atomic E-state index is 12.1. The van der Waals surface area contributed by atoms with Gasteiger partial charge < -0.3 is 19.9 Å². The molecule has 0 heterocycles. The first-order valence-corrected chi connectivity index (χ1v) is 6.97. The van der Waals surface area contributed by atoms with Gasteiger partial charge in [-0.1, -0.05) is 30.3 Å². The van der Waals surface area contributed by atoms with Crippen LogP contribution >= 0.6 is 0 Å². The summed E-state index contributed by atoms with van der Waals surface area (Å²) in [4.78, 5) is 24.1. The summed E-state index contributed by atoms with van der Waals surface area (Å²) in [5, 5.41) is 12.2. The van der Waals surface area contributed by atoms with Gasteiger partial charge in [0.15, 0.2) is 5.54 Å². The predicted molar refractivity (Wildman–Crippen MR) is 81.3 cm³/mol. The number of nitrogens with one attached hydrogen (secondary N) is 1. The molecule has 0 aliphatic rings. The molecule has 1 unspecified atom stereocenters. The number of aliphatic hydroxyl groups is 1. The molecule has 6 heteroatoms. The minimum atomic E-state index is -1.58. The van der Waals surface area contributed by atoms with Crippen molar-refractivity contribution in [2.75, 3.05) is 13.7 Å². The molecule has 0 aliphatic carbocycles. The molecule has 6 nitrogen and oxygen atoms in total. The molecular formula is C16H23NO5. The third-order valence-electron chi connectivity index (χ3n) is 2.93. The first-order valence-electron chi connectivity index (χ1n) is 6.97. The fourth-order valence-electron chi connectivity index (χ4n) is 1.97. The van der Waals surface area contributed by atoms with Crippen molar-refractivity contribution in [2.45, 2.75) is 38.3 Å². The van der Waals surface area contributed by atoms with Crippen LogP contribution in [0.4, 0.5) is 4.79 Å². The molecule has 0 saturated heterocycles. The van der Waals surface area contributed by atoms with Crippen LogP contribution in [0.3, 0.4) is 0 Å². The Morgan fingerprint density at radius 1 is 1.18 bits per heavy atom. The highest BCUT2D eigenvalue weighted by Crippen LogP contribution is 2.17. The van der Waals surface area contributed by atoms with Gasteiger partial charge in [0.05, 0.1) is 13.7 Å². The molecule has 0 radical (unpaired) electrons. The van der Waals surface area contributed by atoms with Gasteiger partial charge in [0.25, 0.3) is 0 Å². The van der Waals surface area contributed by atoms with Crippen molar-refractivity contribution in [1.29, 1.82) is 0 Å². The molecule has 0 fully saturated rings. The molecular weight excluding hydrogens is 286 g/mol. The number of amides is 1. The number of hydrogen-bond donors (Lipinski definition) is 2. The van der Waals surface area contributed by atoms with E-state index in [0.29, 0.717) is 0 Å². The highest BCUT2D eigenvalue weighted by Gasteiger charge is 2.42. The predicted octanol–water partition coefficient (Wildman–Crippen LogP) is 1.66. The lowest BCUT2D eigenvalue weighted by Gasteiger charge is -2.31. The van der Waals surface area contributed by atoms with E-state index in [9.17, 15) is 14.7 Å². The number of benzene rings is 1. The molecule has 0 aliphatic heterocycles. The average molecular weight is 309 g/mol. The van der Waals surface area contributed by atoms with Crippen molar-refractivity contribution in [3.63, 3.8) is 0 Å². The zero-order valence-electron chi connectivity index (χ0n) is 13.4. The number of methoxy groups -OCH3 is 1. The van der Waals surface area contributed by atoms with Crippen molar-refractivity contribution in [1.82, 2.24) is 5.32 Å². The highest BCUT2D eigenvalue weighted by atomic mass is 16.6. The maximum absolute atomic E-state index is 12.1. The van der Waals surface area contributed by atoms with E-state index in [4.69, 9.17) is 9.47 Å². The van der Waals surface area contributed by atoms with Crippen LogP contribution in [0.15, 0.2) is 30.3 Å². The van der Waals surface area contributed by atoms with Gasteiger partial charge >= 0.3 is 12.1 Å². The minimum Gasteiger partial charge on any atom is -0.467 e. The van der Waals surface area contributed by atoms with E-state index < -0.39 is 29.8 Å². The second-order valence-corrected chi connectivity index (χ2v) is 6.02. The van der Waals surface area contributed by atoms with Crippen molar-refractivity contribution >= 4 is 12.1 Å². The van der Waals surface area contributed by atoms with Gasteiger partial charge in [0.2, 0.25) is 0 Å². The van der Waals surface area contributed by atoms with Crippen LogP contribution in [0.1, 0.15) is 26.3 Å². The minimum absolute atomic E-state index is 0.0935. The zero-order valence-corrected chi connectivity index (χ0v) is 13.4. The Hall–Kier alpha value is -2.08. The number of carbonyl (C=O) groups is 2. The van der Waals surface area contributed by atoms with Crippen LogP contribution < -0.4 is 5.32 Å². The van der Waals surface area contributed by atoms with Gasteiger partial charge in [0, 0.05) is 6.42 Å². The van der Waals surface area contributed by atoms with E-state index in [-0.39, 0.29) is 6.42 Å². The van der Waals surface area contributed by atoms with E-state index in [2.05, 4.69) is 5.32 Å². The summed E-state index contributed by atoms with van der Waals surface area (Å²) in [6.45, 7) is 4.53. The van der Waals surface area contributed by atoms with Crippen LogP contribution in [0.5, 0.6) is 0 Å². The monoisotopic (exact) mass is 309 g/mol. The Balaban J connectivity index is 3.01. The summed E-state index contributed by atoms with van der Waals surface area (Å²) < 4.78 is 9.90. The van der Waals surface area contributed by atoms with Crippen LogP contribution in [-0.4, -0.2) is 42.0 Å². The molecule has 0 saturated carbocycles. The molecule has 2 N–H and O–H groups in total. The smallest absolute Gasteiger partial charge is 0.408 e.